The van der Waals surface area contributed by atoms with Crippen LogP contribution in [0.1, 0.15) is 29.0 Å². The van der Waals surface area contributed by atoms with E-state index in [4.69, 9.17) is 9.47 Å². The minimum Gasteiger partial charge on any atom is -0.383 e. The molecule has 1 aromatic heterocycles. The molecular weight excluding hydrogens is 312 g/mol. The maximum atomic E-state index is 12.1. The van der Waals surface area contributed by atoms with Gasteiger partial charge in [0.1, 0.15) is 6.10 Å². The van der Waals surface area contributed by atoms with Crippen molar-refractivity contribution in [3.63, 3.8) is 0 Å². The van der Waals surface area contributed by atoms with E-state index in [0.29, 0.717) is 19.2 Å². The minimum atomic E-state index is -0.294. The zero-order valence-corrected chi connectivity index (χ0v) is 14.7. The molecule has 0 radical (unpaired) electrons. The number of hydrogen-bond donors (Lipinski definition) is 1. The van der Waals surface area contributed by atoms with Crippen molar-refractivity contribution in [3.8, 4) is 0 Å². The minimum absolute atomic E-state index is 0.00725. The molecule has 1 amide bonds. The third kappa shape index (κ3) is 4.12. The number of carbonyl (C=O) groups excluding carboxylic acids is 1. The van der Waals surface area contributed by atoms with Crippen molar-refractivity contribution in [2.45, 2.75) is 51.0 Å². The summed E-state index contributed by atoms with van der Waals surface area (Å²) in [4.78, 5) is 17.4. The normalized spacial score (nSPS) is 27.8. The summed E-state index contributed by atoms with van der Waals surface area (Å²) in [6.45, 7) is 5.31. The average Bonchev–Trinajstić information content (AvgIpc) is 3.14. The standard InChI is InChI=1S/C17H26N2O3S/c1-12-3-4-13(23-12)11-19-9-7-15-14(19)5-6-16(22-15)17(20)18-8-10-21-2/h3-4,14-16H,5-11H2,1-2H3,(H,18,20)/t14-,15-,16-/m1/s1. The van der Waals surface area contributed by atoms with E-state index in [0.717, 1.165) is 32.4 Å². The Morgan fingerprint density at radius 2 is 2.30 bits per heavy atom. The fourth-order valence-corrected chi connectivity index (χ4v) is 4.48. The highest BCUT2D eigenvalue weighted by molar-refractivity contribution is 7.11. The van der Waals surface area contributed by atoms with E-state index >= 15 is 0 Å². The number of likely N-dealkylation sites (tertiary alicyclic amines) is 1. The highest BCUT2D eigenvalue weighted by atomic mass is 32.1. The molecule has 0 unspecified atom stereocenters. The molecule has 0 spiro atoms. The number of ether oxygens (including phenoxy) is 2. The van der Waals surface area contributed by atoms with Gasteiger partial charge in [0.25, 0.3) is 0 Å². The maximum Gasteiger partial charge on any atom is 0.249 e. The van der Waals surface area contributed by atoms with Gasteiger partial charge in [-0.2, -0.15) is 0 Å². The van der Waals surface area contributed by atoms with Crippen LogP contribution in [0.5, 0.6) is 0 Å². The van der Waals surface area contributed by atoms with E-state index in [-0.39, 0.29) is 18.1 Å². The lowest BCUT2D eigenvalue weighted by molar-refractivity contribution is -0.144. The molecule has 3 heterocycles. The fourth-order valence-electron chi connectivity index (χ4n) is 3.56. The Kier molecular flexibility index (Phi) is 5.69. The number of nitrogens with zero attached hydrogens (tertiary/aromatic N) is 1. The van der Waals surface area contributed by atoms with Gasteiger partial charge in [0.2, 0.25) is 5.91 Å². The van der Waals surface area contributed by atoms with E-state index in [9.17, 15) is 4.79 Å². The van der Waals surface area contributed by atoms with Crippen molar-refractivity contribution in [2.24, 2.45) is 0 Å². The second-order valence-electron chi connectivity index (χ2n) is 6.36. The van der Waals surface area contributed by atoms with E-state index in [2.05, 4.69) is 29.3 Å². The van der Waals surface area contributed by atoms with Crippen molar-refractivity contribution in [1.29, 1.82) is 0 Å². The first-order valence-corrected chi connectivity index (χ1v) is 9.20. The Bertz CT molecular complexity index is 534. The molecule has 0 aromatic carbocycles. The summed E-state index contributed by atoms with van der Waals surface area (Å²) in [7, 11) is 1.63. The smallest absolute Gasteiger partial charge is 0.249 e. The monoisotopic (exact) mass is 338 g/mol. The van der Waals surface area contributed by atoms with Gasteiger partial charge in [0.05, 0.1) is 12.7 Å². The third-order valence-corrected chi connectivity index (χ3v) is 5.70. The largest absolute Gasteiger partial charge is 0.383 e. The zero-order chi connectivity index (χ0) is 16.2. The van der Waals surface area contributed by atoms with Gasteiger partial charge in [-0.15, -0.1) is 11.3 Å². The zero-order valence-electron chi connectivity index (χ0n) is 13.9. The van der Waals surface area contributed by atoms with Gasteiger partial charge < -0.3 is 14.8 Å². The predicted octanol–water partition coefficient (Wildman–Crippen LogP) is 1.94. The topological polar surface area (TPSA) is 50.8 Å². The van der Waals surface area contributed by atoms with Crippen molar-refractivity contribution in [2.75, 3.05) is 26.8 Å². The van der Waals surface area contributed by atoms with E-state index in [1.165, 1.54) is 9.75 Å². The van der Waals surface area contributed by atoms with E-state index in [1.54, 1.807) is 7.11 Å². The molecular formula is C17H26N2O3S. The molecule has 0 saturated carbocycles. The molecule has 1 N–H and O–H groups in total. The van der Waals surface area contributed by atoms with Crippen LogP contribution in [0.3, 0.4) is 0 Å². The highest BCUT2D eigenvalue weighted by Crippen LogP contribution is 2.33. The van der Waals surface area contributed by atoms with Crippen molar-refractivity contribution in [3.05, 3.63) is 21.9 Å². The summed E-state index contributed by atoms with van der Waals surface area (Å²) in [6, 6.07) is 4.87. The summed E-state index contributed by atoms with van der Waals surface area (Å²) in [6.07, 6.45) is 2.77. The molecule has 0 aliphatic carbocycles. The van der Waals surface area contributed by atoms with E-state index in [1.807, 2.05) is 11.3 Å². The molecule has 2 saturated heterocycles. The predicted molar refractivity (Wildman–Crippen MR) is 90.7 cm³/mol. The Labute approximate surface area is 142 Å². The highest BCUT2D eigenvalue weighted by Gasteiger charge is 2.41. The number of amides is 1. The first kappa shape index (κ1) is 16.9. The van der Waals surface area contributed by atoms with Crippen LogP contribution in [0.15, 0.2) is 12.1 Å². The lowest BCUT2D eigenvalue weighted by Gasteiger charge is -2.35. The van der Waals surface area contributed by atoms with Crippen LogP contribution in [-0.2, 0) is 20.8 Å². The Morgan fingerprint density at radius 1 is 1.43 bits per heavy atom. The molecule has 2 fully saturated rings. The van der Waals surface area contributed by atoms with Gasteiger partial charge >= 0.3 is 0 Å². The molecule has 5 nitrogen and oxygen atoms in total. The molecule has 3 rings (SSSR count). The molecule has 6 heteroatoms. The number of aryl methyl sites for hydroxylation is 1. The second kappa shape index (κ2) is 7.75. The third-order valence-electron chi connectivity index (χ3n) is 4.72. The quantitative estimate of drug-likeness (QED) is 0.806. The fraction of sp³-hybridized carbons (Fsp3) is 0.706. The Morgan fingerprint density at radius 3 is 3.04 bits per heavy atom. The summed E-state index contributed by atoms with van der Waals surface area (Å²) in [5.41, 5.74) is 0. The first-order valence-electron chi connectivity index (χ1n) is 8.39. The number of thiophene rings is 1. The number of hydrogen-bond acceptors (Lipinski definition) is 5. The summed E-state index contributed by atoms with van der Waals surface area (Å²) >= 11 is 1.87. The maximum absolute atomic E-state index is 12.1. The van der Waals surface area contributed by atoms with E-state index < -0.39 is 0 Å². The number of nitrogens with one attached hydrogen (secondary N) is 1. The SMILES string of the molecule is COCCNC(=O)[C@H]1CC[C@@H]2[C@@H](CCN2Cc2ccc(C)s2)O1. The van der Waals surface area contributed by atoms with Gasteiger partial charge in [-0.25, -0.2) is 0 Å². The molecule has 2 aliphatic rings. The summed E-state index contributed by atoms with van der Waals surface area (Å²) in [5, 5.41) is 2.89. The van der Waals surface area contributed by atoms with Gasteiger partial charge in [0, 0.05) is 42.5 Å². The molecule has 0 bridgehead atoms. The molecule has 3 atom stereocenters. The van der Waals surface area contributed by atoms with Crippen molar-refractivity contribution in [1.82, 2.24) is 10.2 Å². The van der Waals surface area contributed by atoms with Crippen LogP contribution in [0.2, 0.25) is 0 Å². The summed E-state index contributed by atoms with van der Waals surface area (Å²) < 4.78 is 11.0. The second-order valence-corrected chi connectivity index (χ2v) is 7.74. The van der Waals surface area contributed by atoms with Crippen molar-refractivity contribution >= 4 is 17.2 Å². The average molecular weight is 338 g/mol. The first-order chi connectivity index (χ1) is 11.2. The van der Waals surface area contributed by atoms with Crippen molar-refractivity contribution < 1.29 is 14.3 Å². The number of methoxy groups -OCH3 is 1. The number of rotatable bonds is 6. The van der Waals surface area contributed by atoms with Crippen LogP contribution in [0, 0.1) is 6.92 Å². The van der Waals surface area contributed by atoms with Crippen LogP contribution >= 0.6 is 11.3 Å². The van der Waals surface area contributed by atoms with Crippen LogP contribution in [-0.4, -0.2) is 55.9 Å². The van der Waals surface area contributed by atoms with Crippen LogP contribution in [0.25, 0.3) is 0 Å². The summed E-state index contributed by atoms with van der Waals surface area (Å²) in [5.74, 6) is 0.00725. The van der Waals surface area contributed by atoms with Gasteiger partial charge in [-0.05, 0) is 38.3 Å². The van der Waals surface area contributed by atoms with Crippen LogP contribution < -0.4 is 5.32 Å². The molecule has 128 valence electrons. The lowest BCUT2D eigenvalue weighted by Crippen LogP contribution is -2.48. The van der Waals surface area contributed by atoms with Crippen LogP contribution in [0.4, 0.5) is 0 Å². The lowest BCUT2D eigenvalue weighted by atomic mass is 9.98. The Balaban J connectivity index is 1.50. The Hall–Kier alpha value is -0.950. The van der Waals surface area contributed by atoms with Gasteiger partial charge in [-0.3, -0.25) is 9.69 Å². The molecule has 2 aliphatic heterocycles. The van der Waals surface area contributed by atoms with Gasteiger partial charge in [-0.1, -0.05) is 0 Å². The number of fused-ring (bicyclic) bond motifs is 1. The van der Waals surface area contributed by atoms with Gasteiger partial charge in [0.15, 0.2) is 0 Å². The number of carbonyl (C=O) groups is 1. The molecule has 23 heavy (non-hydrogen) atoms. The molecule has 1 aromatic rings.